The fourth-order valence-corrected chi connectivity index (χ4v) is 19.0. The highest BCUT2D eigenvalue weighted by atomic mass is 15.1. The van der Waals surface area contributed by atoms with Crippen molar-refractivity contribution in [1.82, 2.24) is 0 Å². The van der Waals surface area contributed by atoms with Gasteiger partial charge in [0.15, 0.2) is 0 Å². The maximum absolute atomic E-state index is 2.60. The van der Waals surface area contributed by atoms with E-state index in [0.717, 1.165) is 0 Å². The summed E-state index contributed by atoms with van der Waals surface area (Å²) in [6.45, 7) is 0. The quantitative estimate of drug-likeness (QED) is 0.147. The van der Waals surface area contributed by atoms with E-state index in [1.54, 1.807) is 0 Å². The molecule has 97 heavy (non-hydrogen) atoms. The number of nitrogens with zero attached hydrogens (tertiary/aromatic N) is 2. The third-order valence-electron chi connectivity index (χ3n) is 22.6. The van der Waals surface area contributed by atoms with E-state index in [-0.39, 0.29) is 0 Å². The number of benzene rings is 16. The lowest BCUT2D eigenvalue weighted by Gasteiger charge is -2.46. The minimum Gasteiger partial charge on any atom is -0.344 e. The lowest BCUT2D eigenvalue weighted by Crippen LogP contribution is -2.38. The van der Waals surface area contributed by atoms with E-state index < -0.39 is 16.2 Å². The highest BCUT2D eigenvalue weighted by Crippen LogP contribution is 2.67. The minimum atomic E-state index is -0.724. The minimum absolute atomic E-state index is 0.662. The molecule has 2 aliphatic carbocycles. The Balaban J connectivity index is 0.969. The first-order valence-corrected chi connectivity index (χ1v) is 34.0. The summed E-state index contributed by atoms with van der Waals surface area (Å²) in [4.78, 5) is 4.88. The molecule has 2 heteroatoms. The van der Waals surface area contributed by atoms with Crippen molar-refractivity contribution in [3.05, 3.63) is 419 Å². The van der Waals surface area contributed by atoms with Gasteiger partial charge in [0.25, 0.3) is 0 Å². The molecule has 0 amide bonds. The summed E-state index contributed by atoms with van der Waals surface area (Å²) in [6.07, 6.45) is 0. The summed E-state index contributed by atoms with van der Waals surface area (Å²) in [5, 5.41) is 7.28. The zero-order valence-electron chi connectivity index (χ0n) is 53.9. The molecule has 0 atom stereocenters. The predicted octanol–water partition coefficient (Wildman–Crippen LogP) is 23.4. The number of hydrogen-bond donors (Lipinski definition) is 0. The zero-order valence-corrected chi connectivity index (χ0v) is 53.9. The van der Waals surface area contributed by atoms with Gasteiger partial charge in [0.1, 0.15) is 0 Å². The van der Waals surface area contributed by atoms with Crippen molar-refractivity contribution < 1.29 is 0 Å². The third kappa shape index (κ3) is 7.29. The molecular weight excluding hydrogens is 1170 g/mol. The molecule has 0 saturated carbocycles. The molecule has 20 rings (SSSR count). The molecule has 0 saturated heterocycles. The topological polar surface area (TPSA) is 6.48 Å². The maximum Gasteiger partial charge on any atom is 0.0748 e. The second-order valence-corrected chi connectivity index (χ2v) is 26.8. The summed E-state index contributed by atoms with van der Waals surface area (Å²) in [5.41, 5.74) is 30.1. The Labute approximate surface area is 565 Å². The van der Waals surface area contributed by atoms with Crippen molar-refractivity contribution >= 4 is 55.1 Å². The van der Waals surface area contributed by atoms with Crippen molar-refractivity contribution in [3.8, 4) is 55.6 Å². The summed E-state index contributed by atoms with van der Waals surface area (Å²) in [7, 11) is 4.52. The largest absolute Gasteiger partial charge is 0.344 e. The average Bonchev–Trinajstić information content (AvgIpc) is 1.61. The average molecular weight is 1230 g/mol. The molecule has 0 radical (unpaired) electrons. The van der Waals surface area contributed by atoms with Gasteiger partial charge in [-0.1, -0.05) is 322 Å². The Bertz CT molecular complexity index is 5560. The van der Waals surface area contributed by atoms with Crippen molar-refractivity contribution in [2.75, 3.05) is 23.9 Å². The molecule has 0 bridgehead atoms. The number of para-hydroxylation sites is 2. The van der Waals surface area contributed by atoms with Crippen LogP contribution in [0.15, 0.2) is 352 Å². The van der Waals surface area contributed by atoms with Gasteiger partial charge >= 0.3 is 0 Å². The summed E-state index contributed by atoms with van der Waals surface area (Å²) < 4.78 is 0. The fraction of sp³-hybridized carbons (Fsp3) is 0.0526. The Kier molecular flexibility index (Phi) is 12.0. The molecule has 2 aliphatic heterocycles. The van der Waals surface area contributed by atoms with Crippen molar-refractivity contribution in [2.45, 2.75) is 16.2 Å². The van der Waals surface area contributed by atoms with Crippen LogP contribution >= 0.6 is 0 Å². The molecular formula is C95H64N2. The maximum atomic E-state index is 2.60. The van der Waals surface area contributed by atoms with Gasteiger partial charge in [-0.3, -0.25) is 0 Å². The monoisotopic (exact) mass is 1230 g/mol. The van der Waals surface area contributed by atoms with E-state index in [2.05, 4.69) is 376 Å². The van der Waals surface area contributed by atoms with Crippen LogP contribution in [0.1, 0.15) is 66.8 Å². The van der Waals surface area contributed by atoms with Crippen LogP contribution in [0, 0.1) is 0 Å². The molecule has 16 aromatic rings. The van der Waals surface area contributed by atoms with Gasteiger partial charge in [-0.2, -0.15) is 0 Å². The second-order valence-electron chi connectivity index (χ2n) is 26.8. The van der Waals surface area contributed by atoms with E-state index in [1.807, 2.05) is 0 Å². The lowest BCUT2D eigenvalue weighted by atomic mass is 9.60. The summed E-state index contributed by atoms with van der Waals surface area (Å²) >= 11 is 0. The van der Waals surface area contributed by atoms with Crippen LogP contribution in [-0.2, 0) is 16.2 Å². The van der Waals surface area contributed by atoms with E-state index in [9.17, 15) is 0 Å². The standard InChI is InChI=1S/C95H64N2/c1-96-84-54-23-21-52-81(84)93(62-31-7-3-8-32-62,63-33-9-4-10-34-63)91-73(46-28-56-86(91)96)67-42-25-44-71-77(67)60-78-68(74-47-29-57-87-92(74)94(64-35-11-5-12-36-64,65-37-13-6-14-38-65)82-53-22-24-55-85(82)97(87)2)43-26-45-72(78)88(71)75-48-27-49-76-89-66-39-16-15-30-61(66)58-59-83(89)95(90(75)76)79-50-19-17-40-69(79)70-41-18-20-51-80(70)95/h3-60H,1-2H3. The molecule has 0 aromatic heterocycles. The van der Waals surface area contributed by atoms with Crippen LogP contribution in [0.2, 0.25) is 0 Å². The first-order valence-electron chi connectivity index (χ1n) is 34.0. The van der Waals surface area contributed by atoms with Gasteiger partial charge in [-0.15, -0.1) is 0 Å². The van der Waals surface area contributed by atoms with Gasteiger partial charge < -0.3 is 9.80 Å². The second kappa shape index (κ2) is 20.9. The van der Waals surface area contributed by atoms with Gasteiger partial charge in [-0.05, 0) is 174 Å². The first-order chi connectivity index (χ1) is 48.0. The normalized spacial score (nSPS) is 14.5. The van der Waals surface area contributed by atoms with Crippen molar-refractivity contribution in [1.29, 1.82) is 0 Å². The van der Waals surface area contributed by atoms with Crippen LogP contribution in [0.4, 0.5) is 22.7 Å². The first kappa shape index (κ1) is 55.4. The van der Waals surface area contributed by atoms with Crippen LogP contribution in [0.25, 0.3) is 88.0 Å². The molecule has 16 aromatic carbocycles. The van der Waals surface area contributed by atoms with Crippen LogP contribution < -0.4 is 9.80 Å². The number of hydrogen-bond acceptors (Lipinski definition) is 2. The summed E-state index contributed by atoms with van der Waals surface area (Å²) in [6, 6.07) is 134. The molecule has 4 aliphatic rings. The Hall–Kier alpha value is -12.1. The highest BCUT2D eigenvalue weighted by molar-refractivity contribution is 6.21. The molecule has 0 unspecified atom stereocenters. The molecule has 2 heterocycles. The van der Waals surface area contributed by atoms with Gasteiger partial charge in [0.2, 0.25) is 0 Å². The third-order valence-corrected chi connectivity index (χ3v) is 22.6. The molecule has 1 spiro atoms. The summed E-state index contributed by atoms with van der Waals surface area (Å²) in [5.74, 6) is 0. The molecule has 0 fully saturated rings. The predicted molar refractivity (Wildman–Crippen MR) is 404 cm³/mol. The van der Waals surface area contributed by atoms with Crippen LogP contribution in [0.5, 0.6) is 0 Å². The molecule has 2 nitrogen and oxygen atoms in total. The van der Waals surface area contributed by atoms with Crippen molar-refractivity contribution in [3.63, 3.8) is 0 Å². The zero-order chi connectivity index (χ0) is 64.1. The van der Waals surface area contributed by atoms with E-state index in [0.29, 0.717) is 0 Å². The Morgan fingerprint density at radius 2 is 0.536 bits per heavy atom. The Morgan fingerprint density at radius 3 is 1.02 bits per heavy atom. The van der Waals surface area contributed by atoms with E-state index >= 15 is 0 Å². The van der Waals surface area contributed by atoms with Crippen LogP contribution in [0.3, 0.4) is 0 Å². The number of anilines is 4. The molecule has 454 valence electrons. The lowest BCUT2D eigenvalue weighted by molar-refractivity contribution is 0.729. The van der Waals surface area contributed by atoms with E-state index in [1.165, 1.54) is 177 Å². The van der Waals surface area contributed by atoms with Gasteiger partial charge in [-0.25, -0.2) is 0 Å². The SMILES string of the molecule is CN1c2ccccc2C(c2ccccc2)(c2ccccc2)c2c(-c3cccc4c(-c5cccc6c5C5(c7ccccc7-c7ccccc75)c5ccc7ccccc7c5-6)c5cccc(-c6cccc7c6C(c6ccccc6)(c6ccccc6)c6ccccc6N7C)c5cc34)cccc21. The Morgan fingerprint density at radius 1 is 0.196 bits per heavy atom. The smallest absolute Gasteiger partial charge is 0.0748 e. The van der Waals surface area contributed by atoms with Gasteiger partial charge in [0.05, 0.1) is 16.2 Å². The number of rotatable bonds is 7. The van der Waals surface area contributed by atoms with Gasteiger partial charge in [0, 0.05) is 48.0 Å². The van der Waals surface area contributed by atoms with E-state index in [4.69, 9.17) is 0 Å². The fourth-order valence-electron chi connectivity index (χ4n) is 19.0. The highest BCUT2D eigenvalue weighted by Gasteiger charge is 2.54. The number of fused-ring (bicyclic) bond motifs is 18. The van der Waals surface area contributed by atoms with Crippen molar-refractivity contribution in [2.24, 2.45) is 0 Å². The van der Waals surface area contributed by atoms with Crippen LogP contribution in [-0.4, -0.2) is 14.1 Å². The molecule has 0 N–H and O–H groups in total.